The first-order valence-corrected chi connectivity index (χ1v) is 7.13. The van der Waals surface area contributed by atoms with Crippen molar-refractivity contribution in [1.29, 1.82) is 0 Å². The highest BCUT2D eigenvalue weighted by atomic mass is 127. The van der Waals surface area contributed by atoms with Gasteiger partial charge in [-0.1, -0.05) is 35.1 Å². The molecule has 3 heteroatoms. The molecule has 0 N–H and O–H groups in total. The number of allylic oxidation sites excluding steroid dienone is 1. The molecule has 1 aliphatic rings. The number of halogens is 1. The summed E-state index contributed by atoms with van der Waals surface area (Å²) in [7, 11) is 0. The molecule has 0 saturated carbocycles. The fourth-order valence-electron chi connectivity index (χ4n) is 1.96. The summed E-state index contributed by atoms with van der Waals surface area (Å²) >= 11 is 2.31. The Hall–Kier alpha value is 0.390. The summed E-state index contributed by atoms with van der Waals surface area (Å²) in [5.74, 6) is 0.659. The van der Waals surface area contributed by atoms with E-state index in [2.05, 4.69) is 43.4 Å². The quantitative estimate of drug-likeness (QED) is 0.333. The Labute approximate surface area is 107 Å². The summed E-state index contributed by atoms with van der Waals surface area (Å²) in [6.07, 6.45) is 1.33. The lowest BCUT2D eigenvalue weighted by atomic mass is 10.1. The van der Waals surface area contributed by atoms with Gasteiger partial charge in [0.1, 0.15) is 0 Å². The highest BCUT2D eigenvalue weighted by Gasteiger charge is 2.28. The van der Waals surface area contributed by atoms with Gasteiger partial charge in [0.2, 0.25) is 0 Å². The molecule has 0 aliphatic heterocycles. The molecule has 0 aromatic heterocycles. The SMILES string of the molecule is CCOC(CI)OC1CC(C)C(C)=C1C. The second kappa shape index (κ2) is 6.21. The van der Waals surface area contributed by atoms with Gasteiger partial charge in [0.05, 0.1) is 10.5 Å². The van der Waals surface area contributed by atoms with Crippen LogP contribution < -0.4 is 0 Å². The highest BCUT2D eigenvalue weighted by Crippen LogP contribution is 2.33. The first-order valence-electron chi connectivity index (χ1n) is 5.60. The molecule has 0 radical (unpaired) electrons. The highest BCUT2D eigenvalue weighted by molar-refractivity contribution is 14.1. The molecular weight excluding hydrogens is 303 g/mol. The van der Waals surface area contributed by atoms with Crippen LogP contribution >= 0.6 is 22.6 Å². The van der Waals surface area contributed by atoms with E-state index in [9.17, 15) is 0 Å². The molecule has 1 aliphatic carbocycles. The minimum Gasteiger partial charge on any atom is -0.352 e. The lowest BCUT2D eigenvalue weighted by Crippen LogP contribution is -2.25. The molecule has 3 atom stereocenters. The van der Waals surface area contributed by atoms with Crippen molar-refractivity contribution in [2.75, 3.05) is 11.0 Å². The molecule has 3 unspecified atom stereocenters. The lowest BCUT2D eigenvalue weighted by molar-refractivity contribution is -0.144. The smallest absolute Gasteiger partial charge is 0.167 e. The Kier molecular flexibility index (Phi) is 5.57. The lowest BCUT2D eigenvalue weighted by Gasteiger charge is -2.21. The third-order valence-corrected chi connectivity index (χ3v) is 3.93. The van der Waals surface area contributed by atoms with Gasteiger partial charge in [0, 0.05) is 6.61 Å². The summed E-state index contributed by atoms with van der Waals surface area (Å²) in [5.41, 5.74) is 2.89. The van der Waals surface area contributed by atoms with Crippen molar-refractivity contribution in [2.24, 2.45) is 5.92 Å². The molecule has 88 valence electrons. The Balaban J connectivity index is 2.53. The van der Waals surface area contributed by atoms with Crippen LogP contribution in [0.5, 0.6) is 0 Å². The number of ether oxygens (including phenoxy) is 2. The van der Waals surface area contributed by atoms with Gasteiger partial charge in [-0.05, 0) is 38.7 Å². The monoisotopic (exact) mass is 324 g/mol. The predicted octanol–water partition coefficient (Wildman–Crippen LogP) is 3.55. The Bertz CT molecular complexity index is 238. The topological polar surface area (TPSA) is 18.5 Å². The van der Waals surface area contributed by atoms with Crippen molar-refractivity contribution >= 4 is 22.6 Å². The number of rotatable bonds is 5. The third-order valence-electron chi connectivity index (χ3n) is 3.21. The predicted molar refractivity (Wildman–Crippen MR) is 71.3 cm³/mol. The summed E-state index contributed by atoms with van der Waals surface area (Å²) in [5, 5.41) is 0. The standard InChI is InChI=1S/C12H21IO2/c1-5-14-12(7-13)15-11-6-8(2)9(3)10(11)4/h8,11-12H,5-7H2,1-4H3. The summed E-state index contributed by atoms with van der Waals surface area (Å²) in [6.45, 7) is 9.39. The molecule has 15 heavy (non-hydrogen) atoms. The van der Waals surface area contributed by atoms with Crippen LogP contribution in [0.25, 0.3) is 0 Å². The van der Waals surface area contributed by atoms with Gasteiger partial charge in [-0.2, -0.15) is 0 Å². The van der Waals surface area contributed by atoms with Crippen molar-refractivity contribution in [3.63, 3.8) is 0 Å². The van der Waals surface area contributed by atoms with Crippen LogP contribution in [0.2, 0.25) is 0 Å². The molecule has 0 fully saturated rings. The fraction of sp³-hybridized carbons (Fsp3) is 0.833. The molecule has 0 aromatic carbocycles. The maximum Gasteiger partial charge on any atom is 0.167 e. The van der Waals surface area contributed by atoms with Gasteiger partial charge in [0.25, 0.3) is 0 Å². The molecule has 0 bridgehead atoms. The van der Waals surface area contributed by atoms with Crippen LogP contribution in [-0.2, 0) is 9.47 Å². The molecule has 0 aromatic rings. The maximum absolute atomic E-state index is 5.97. The Morgan fingerprint density at radius 1 is 1.40 bits per heavy atom. The Morgan fingerprint density at radius 3 is 2.47 bits per heavy atom. The van der Waals surface area contributed by atoms with E-state index in [4.69, 9.17) is 9.47 Å². The van der Waals surface area contributed by atoms with Crippen LogP contribution in [0.4, 0.5) is 0 Å². The van der Waals surface area contributed by atoms with Gasteiger partial charge in [0.15, 0.2) is 6.29 Å². The van der Waals surface area contributed by atoms with Gasteiger partial charge in [-0.3, -0.25) is 0 Å². The van der Waals surface area contributed by atoms with E-state index in [1.165, 1.54) is 11.1 Å². The molecular formula is C12H21IO2. The summed E-state index contributed by atoms with van der Waals surface area (Å²) in [6, 6.07) is 0. The van der Waals surface area contributed by atoms with Crippen LogP contribution in [-0.4, -0.2) is 23.4 Å². The number of hydrogen-bond acceptors (Lipinski definition) is 2. The molecule has 0 amide bonds. The van der Waals surface area contributed by atoms with E-state index in [0.717, 1.165) is 17.5 Å². The van der Waals surface area contributed by atoms with E-state index in [-0.39, 0.29) is 12.4 Å². The minimum atomic E-state index is -0.0475. The van der Waals surface area contributed by atoms with Crippen molar-refractivity contribution in [3.05, 3.63) is 11.1 Å². The van der Waals surface area contributed by atoms with Gasteiger partial charge in [-0.15, -0.1) is 0 Å². The average molecular weight is 324 g/mol. The second-order valence-electron chi connectivity index (χ2n) is 4.17. The number of alkyl halides is 1. The van der Waals surface area contributed by atoms with E-state index in [1.807, 2.05) is 6.92 Å². The summed E-state index contributed by atoms with van der Waals surface area (Å²) < 4.78 is 12.4. The number of hydrogen-bond donors (Lipinski definition) is 0. The molecule has 0 spiro atoms. The van der Waals surface area contributed by atoms with Gasteiger partial charge >= 0.3 is 0 Å². The van der Waals surface area contributed by atoms with Crippen LogP contribution in [0.1, 0.15) is 34.1 Å². The van der Waals surface area contributed by atoms with Gasteiger partial charge in [-0.25, -0.2) is 0 Å². The second-order valence-corrected chi connectivity index (χ2v) is 5.05. The van der Waals surface area contributed by atoms with Gasteiger partial charge < -0.3 is 9.47 Å². The van der Waals surface area contributed by atoms with Crippen molar-refractivity contribution < 1.29 is 9.47 Å². The van der Waals surface area contributed by atoms with Crippen LogP contribution in [0.3, 0.4) is 0 Å². The van der Waals surface area contributed by atoms with Crippen LogP contribution in [0, 0.1) is 5.92 Å². The first-order chi connectivity index (χ1) is 7.10. The van der Waals surface area contributed by atoms with Crippen molar-refractivity contribution in [3.8, 4) is 0 Å². The molecule has 1 rings (SSSR count). The van der Waals surface area contributed by atoms with Crippen LogP contribution in [0.15, 0.2) is 11.1 Å². The van der Waals surface area contributed by atoms with E-state index in [1.54, 1.807) is 0 Å². The zero-order valence-electron chi connectivity index (χ0n) is 10.0. The molecule has 2 nitrogen and oxygen atoms in total. The maximum atomic E-state index is 5.97. The Morgan fingerprint density at radius 2 is 2.07 bits per heavy atom. The third kappa shape index (κ3) is 3.43. The molecule has 0 saturated heterocycles. The average Bonchev–Trinajstić information content (AvgIpc) is 2.46. The van der Waals surface area contributed by atoms with E-state index < -0.39 is 0 Å². The zero-order chi connectivity index (χ0) is 11.4. The zero-order valence-corrected chi connectivity index (χ0v) is 12.2. The normalized spacial score (nSPS) is 28.6. The van der Waals surface area contributed by atoms with Crippen molar-refractivity contribution in [2.45, 2.75) is 46.5 Å². The van der Waals surface area contributed by atoms with Crippen molar-refractivity contribution in [1.82, 2.24) is 0 Å². The summed E-state index contributed by atoms with van der Waals surface area (Å²) in [4.78, 5) is 0. The van der Waals surface area contributed by atoms with E-state index >= 15 is 0 Å². The van der Waals surface area contributed by atoms with E-state index in [0.29, 0.717) is 5.92 Å². The fourth-order valence-corrected chi connectivity index (χ4v) is 2.43. The molecule has 0 heterocycles. The largest absolute Gasteiger partial charge is 0.352 e. The first kappa shape index (κ1) is 13.5. The minimum absolute atomic E-state index is 0.0475.